The molecule has 0 heterocycles. The maximum absolute atomic E-state index is 5.16. The van der Waals surface area contributed by atoms with Gasteiger partial charge in [0.15, 0.2) is 0 Å². The fourth-order valence-corrected chi connectivity index (χ4v) is 1.23. The van der Waals surface area contributed by atoms with Crippen molar-refractivity contribution in [1.82, 2.24) is 5.32 Å². The van der Waals surface area contributed by atoms with E-state index in [2.05, 4.69) is 17.2 Å². The molecule has 0 atom stereocenters. The molecule has 16 heavy (non-hydrogen) atoms. The fourth-order valence-electron chi connectivity index (χ4n) is 1.23. The largest absolute Gasteiger partial charge is 0.497 e. The van der Waals surface area contributed by atoms with Crippen LogP contribution in [-0.4, -0.2) is 27.8 Å². The molecule has 0 aromatic heterocycles. The zero-order chi connectivity index (χ0) is 11.8. The maximum atomic E-state index is 5.16. The summed E-state index contributed by atoms with van der Waals surface area (Å²) in [5.74, 6) is 7.68. The van der Waals surface area contributed by atoms with Gasteiger partial charge in [0.1, 0.15) is 11.5 Å². The Morgan fingerprint density at radius 3 is 2.25 bits per heavy atom. The molecule has 0 saturated carbocycles. The first-order chi connectivity index (χ1) is 7.80. The Morgan fingerprint density at radius 2 is 1.75 bits per heavy atom. The molecule has 0 spiro atoms. The molecule has 1 rings (SSSR count). The third kappa shape index (κ3) is 3.84. The van der Waals surface area contributed by atoms with Crippen LogP contribution in [-0.2, 0) is 0 Å². The summed E-state index contributed by atoms with van der Waals surface area (Å²) in [6, 6.07) is 5.63. The molecule has 86 valence electrons. The van der Waals surface area contributed by atoms with Crippen molar-refractivity contribution in [1.29, 1.82) is 0 Å². The first-order valence-corrected chi connectivity index (χ1v) is 5.16. The summed E-state index contributed by atoms with van der Waals surface area (Å²) < 4.78 is 10.3. The lowest BCUT2D eigenvalue weighted by Gasteiger charge is -2.04. The van der Waals surface area contributed by atoms with Crippen molar-refractivity contribution in [3.63, 3.8) is 0 Å². The predicted molar refractivity (Wildman–Crippen MR) is 65.0 cm³/mol. The van der Waals surface area contributed by atoms with Crippen molar-refractivity contribution in [3.8, 4) is 23.3 Å². The van der Waals surface area contributed by atoms with Crippen LogP contribution in [0.15, 0.2) is 18.2 Å². The van der Waals surface area contributed by atoms with Gasteiger partial charge in [-0.15, -0.1) is 0 Å². The van der Waals surface area contributed by atoms with E-state index in [-0.39, 0.29) is 0 Å². The molecule has 1 aromatic rings. The molecule has 1 N–H and O–H groups in total. The van der Waals surface area contributed by atoms with E-state index in [9.17, 15) is 0 Å². The molecule has 0 aliphatic rings. The highest BCUT2D eigenvalue weighted by Crippen LogP contribution is 2.21. The molecule has 0 saturated heterocycles. The van der Waals surface area contributed by atoms with Crippen molar-refractivity contribution in [3.05, 3.63) is 23.8 Å². The van der Waals surface area contributed by atoms with Crippen LogP contribution in [0.1, 0.15) is 12.0 Å². The minimum atomic E-state index is 0.761. The number of rotatable bonds is 4. The second-order valence-electron chi connectivity index (χ2n) is 3.26. The predicted octanol–water partition coefficient (Wildman–Crippen LogP) is 1.66. The Morgan fingerprint density at radius 1 is 1.12 bits per heavy atom. The molecule has 0 aliphatic carbocycles. The van der Waals surface area contributed by atoms with E-state index in [1.807, 2.05) is 25.2 Å². The molecule has 1 aromatic carbocycles. The van der Waals surface area contributed by atoms with Crippen LogP contribution < -0.4 is 14.8 Å². The summed E-state index contributed by atoms with van der Waals surface area (Å²) in [6.45, 7) is 0.897. The normalized spacial score (nSPS) is 9.19. The Kier molecular flexibility index (Phi) is 5.24. The van der Waals surface area contributed by atoms with Gasteiger partial charge in [-0.2, -0.15) is 0 Å². The number of ether oxygens (including phenoxy) is 2. The van der Waals surface area contributed by atoms with Gasteiger partial charge in [-0.05, 0) is 19.2 Å². The first kappa shape index (κ1) is 12.4. The average Bonchev–Trinajstić information content (AvgIpc) is 2.34. The van der Waals surface area contributed by atoms with E-state index in [4.69, 9.17) is 9.47 Å². The van der Waals surface area contributed by atoms with Crippen LogP contribution in [0, 0.1) is 11.8 Å². The summed E-state index contributed by atoms with van der Waals surface area (Å²) in [6.07, 6.45) is 0.829. The smallest absolute Gasteiger partial charge is 0.123 e. The highest BCUT2D eigenvalue weighted by Gasteiger charge is 1.98. The highest BCUT2D eigenvalue weighted by atomic mass is 16.5. The fraction of sp³-hybridized carbons (Fsp3) is 0.385. The van der Waals surface area contributed by atoms with E-state index in [1.165, 1.54) is 0 Å². The summed E-state index contributed by atoms with van der Waals surface area (Å²) >= 11 is 0. The van der Waals surface area contributed by atoms with Gasteiger partial charge in [0.2, 0.25) is 0 Å². The molecular weight excluding hydrogens is 202 g/mol. The Labute approximate surface area is 96.8 Å². The van der Waals surface area contributed by atoms with Crippen LogP contribution in [0.2, 0.25) is 0 Å². The number of benzene rings is 1. The van der Waals surface area contributed by atoms with Crippen LogP contribution in [0.25, 0.3) is 0 Å². The van der Waals surface area contributed by atoms with E-state index in [1.54, 1.807) is 14.2 Å². The average molecular weight is 219 g/mol. The van der Waals surface area contributed by atoms with Crippen LogP contribution in [0.4, 0.5) is 0 Å². The summed E-state index contributed by atoms with van der Waals surface area (Å²) in [5.41, 5.74) is 0.910. The van der Waals surface area contributed by atoms with Gasteiger partial charge in [-0.1, -0.05) is 11.8 Å². The Bertz CT molecular complexity index is 368. The van der Waals surface area contributed by atoms with Crippen molar-refractivity contribution in [2.24, 2.45) is 0 Å². The minimum Gasteiger partial charge on any atom is -0.497 e. The maximum Gasteiger partial charge on any atom is 0.123 e. The first-order valence-electron chi connectivity index (χ1n) is 5.16. The quantitative estimate of drug-likeness (QED) is 0.617. The molecule has 3 heteroatoms. The minimum absolute atomic E-state index is 0.761. The molecule has 0 radical (unpaired) electrons. The summed E-state index contributed by atoms with van der Waals surface area (Å²) in [5, 5.41) is 3.05. The van der Waals surface area contributed by atoms with Gasteiger partial charge in [-0.3, -0.25) is 0 Å². The monoisotopic (exact) mass is 219 g/mol. The van der Waals surface area contributed by atoms with Crippen LogP contribution >= 0.6 is 0 Å². The van der Waals surface area contributed by atoms with Gasteiger partial charge in [-0.25, -0.2) is 0 Å². The van der Waals surface area contributed by atoms with Gasteiger partial charge in [0, 0.05) is 24.6 Å². The lowest BCUT2D eigenvalue weighted by molar-refractivity contribution is 0.394. The third-order valence-electron chi connectivity index (χ3n) is 2.08. The molecule has 0 bridgehead atoms. The number of hydrogen-bond donors (Lipinski definition) is 1. The number of hydrogen-bond acceptors (Lipinski definition) is 3. The molecule has 0 fully saturated rings. The van der Waals surface area contributed by atoms with Crippen LogP contribution in [0.5, 0.6) is 11.5 Å². The summed E-state index contributed by atoms with van der Waals surface area (Å²) in [4.78, 5) is 0. The second kappa shape index (κ2) is 6.76. The van der Waals surface area contributed by atoms with E-state index in [0.29, 0.717) is 0 Å². The Balaban J connectivity index is 2.81. The van der Waals surface area contributed by atoms with Gasteiger partial charge < -0.3 is 14.8 Å². The van der Waals surface area contributed by atoms with E-state index in [0.717, 1.165) is 30.0 Å². The SMILES string of the molecule is CNCCC#Cc1cc(OC)cc(OC)c1. The van der Waals surface area contributed by atoms with Crippen molar-refractivity contribution < 1.29 is 9.47 Å². The third-order valence-corrected chi connectivity index (χ3v) is 2.08. The zero-order valence-corrected chi connectivity index (χ0v) is 9.96. The standard InChI is InChI=1S/C13H17NO2/c1-14-7-5-4-6-11-8-12(15-2)10-13(9-11)16-3/h8-10,14H,5,7H2,1-3H3. The van der Waals surface area contributed by atoms with Crippen LogP contribution in [0.3, 0.4) is 0 Å². The van der Waals surface area contributed by atoms with Crippen molar-refractivity contribution >= 4 is 0 Å². The molecular formula is C13H17NO2. The lowest BCUT2D eigenvalue weighted by atomic mass is 10.2. The van der Waals surface area contributed by atoms with Gasteiger partial charge in [0.25, 0.3) is 0 Å². The van der Waals surface area contributed by atoms with Crippen molar-refractivity contribution in [2.75, 3.05) is 27.8 Å². The van der Waals surface area contributed by atoms with Gasteiger partial charge in [0.05, 0.1) is 14.2 Å². The molecule has 3 nitrogen and oxygen atoms in total. The van der Waals surface area contributed by atoms with Gasteiger partial charge >= 0.3 is 0 Å². The number of nitrogens with one attached hydrogen (secondary N) is 1. The lowest BCUT2D eigenvalue weighted by Crippen LogP contribution is -2.05. The number of methoxy groups -OCH3 is 2. The zero-order valence-electron chi connectivity index (χ0n) is 9.96. The van der Waals surface area contributed by atoms with E-state index >= 15 is 0 Å². The molecule has 0 amide bonds. The molecule has 0 aliphatic heterocycles. The molecule has 0 unspecified atom stereocenters. The topological polar surface area (TPSA) is 30.5 Å². The Hall–Kier alpha value is -1.66. The highest BCUT2D eigenvalue weighted by molar-refractivity contribution is 5.46. The van der Waals surface area contributed by atoms with E-state index < -0.39 is 0 Å². The second-order valence-corrected chi connectivity index (χ2v) is 3.26. The summed E-state index contributed by atoms with van der Waals surface area (Å²) in [7, 11) is 5.18. The van der Waals surface area contributed by atoms with Crippen molar-refractivity contribution in [2.45, 2.75) is 6.42 Å².